The first-order valence-corrected chi connectivity index (χ1v) is 8.53. The van der Waals surface area contributed by atoms with Crippen molar-refractivity contribution in [3.05, 3.63) is 45.7 Å². The van der Waals surface area contributed by atoms with E-state index >= 15 is 0 Å². The first-order chi connectivity index (χ1) is 8.81. The van der Waals surface area contributed by atoms with Gasteiger partial charge in [-0.05, 0) is 57.9 Å². The van der Waals surface area contributed by atoms with Gasteiger partial charge in [0.2, 0.25) is 0 Å². The van der Waals surface area contributed by atoms with Crippen molar-refractivity contribution < 1.29 is 0 Å². The van der Waals surface area contributed by atoms with Gasteiger partial charge in [-0.2, -0.15) is 0 Å². The Morgan fingerprint density at radius 2 is 2.22 bits per heavy atom. The first-order valence-electron chi connectivity index (χ1n) is 6.04. The summed E-state index contributed by atoms with van der Waals surface area (Å²) in [5.74, 6) is 0. The van der Waals surface area contributed by atoms with E-state index < -0.39 is 0 Å². The first kappa shape index (κ1) is 12.7. The molecule has 1 aromatic heterocycles. The number of halogens is 1. The maximum absolute atomic E-state index is 3.67. The molecule has 94 valence electrons. The van der Waals surface area contributed by atoms with Crippen LogP contribution in [-0.2, 0) is 6.54 Å². The Kier molecular flexibility index (Phi) is 4.09. The molecule has 2 aromatic rings. The Bertz CT molecular complexity index is 521. The van der Waals surface area contributed by atoms with Crippen molar-refractivity contribution in [1.82, 2.24) is 5.32 Å². The second-order valence-electron chi connectivity index (χ2n) is 4.45. The molecule has 1 aliphatic rings. The highest BCUT2D eigenvalue weighted by Crippen LogP contribution is 2.36. The third kappa shape index (κ3) is 3.38. The number of benzene rings is 1. The van der Waals surface area contributed by atoms with E-state index in [1.54, 1.807) is 11.3 Å². The lowest BCUT2D eigenvalue weighted by Crippen LogP contribution is -2.15. The van der Waals surface area contributed by atoms with E-state index in [0.717, 1.165) is 12.6 Å². The third-order valence-electron chi connectivity index (χ3n) is 2.87. The van der Waals surface area contributed by atoms with Crippen molar-refractivity contribution >= 4 is 39.0 Å². The van der Waals surface area contributed by atoms with Gasteiger partial charge in [0.05, 0.1) is 4.21 Å². The zero-order valence-electron chi connectivity index (χ0n) is 9.86. The molecule has 1 aromatic carbocycles. The largest absolute Gasteiger partial charge is 0.310 e. The van der Waals surface area contributed by atoms with Gasteiger partial charge in [0, 0.05) is 22.0 Å². The monoisotopic (exact) mass is 339 g/mol. The molecule has 4 heteroatoms. The molecule has 0 bridgehead atoms. The molecule has 18 heavy (non-hydrogen) atoms. The molecule has 0 amide bonds. The molecule has 1 aliphatic carbocycles. The van der Waals surface area contributed by atoms with E-state index in [2.05, 4.69) is 57.0 Å². The second-order valence-corrected chi connectivity index (χ2v) is 7.60. The second kappa shape index (κ2) is 5.78. The summed E-state index contributed by atoms with van der Waals surface area (Å²) in [6.45, 7) is 0.979. The summed E-state index contributed by atoms with van der Waals surface area (Å²) < 4.78 is 2.52. The standard InChI is InChI=1S/C14H14BrNS2/c15-12-8-10(9-16-11-4-5-11)3-6-13(12)18-14-2-1-7-17-14/h1-3,6-8,11,16H,4-5,9H2. The zero-order valence-corrected chi connectivity index (χ0v) is 13.1. The Labute approximate surface area is 124 Å². The highest BCUT2D eigenvalue weighted by atomic mass is 79.9. The number of nitrogens with one attached hydrogen (secondary N) is 1. The van der Waals surface area contributed by atoms with Crippen molar-refractivity contribution in [3.63, 3.8) is 0 Å². The van der Waals surface area contributed by atoms with Crippen LogP contribution in [0.2, 0.25) is 0 Å². The summed E-state index contributed by atoms with van der Waals surface area (Å²) in [4.78, 5) is 1.28. The molecular formula is C14H14BrNS2. The molecule has 0 aliphatic heterocycles. The fraction of sp³-hybridized carbons (Fsp3) is 0.286. The van der Waals surface area contributed by atoms with Crippen molar-refractivity contribution in [2.75, 3.05) is 0 Å². The lowest BCUT2D eigenvalue weighted by atomic mass is 10.2. The van der Waals surface area contributed by atoms with Gasteiger partial charge in [-0.15, -0.1) is 11.3 Å². The Hall–Kier alpha value is -0.290. The molecule has 1 nitrogen and oxygen atoms in total. The van der Waals surface area contributed by atoms with Crippen LogP contribution in [0.15, 0.2) is 49.3 Å². The van der Waals surface area contributed by atoms with Gasteiger partial charge in [0.1, 0.15) is 0 Å². The molecule has 1 N–H and O–H groups in total. The number of hydrogen-bond donors (Lipinski definition) is 1. The summed E-state index contributed by atoms with van der Waals surface area (Å²) >= 11 is 7.27. The maximum Gasteiger partial charge on any atom is 0.0646 e. The van der Waals surface area contributed by atoms with Gasteiger partial charge in [0.25, 0.3) is 0 Å². The van der Waals surface area contributed by atoms with Crippen LogP contribution in [0.5, 0.6) is 0 Å². The predicted molar refractivity (Wildman–Crippen MR) is 82.4 cm³/mol. The van der Waals surface area contributed by atoms with E-state index in [1.165, 1.54) is 32.0 Å². The fourth-order valence-electron chi connectivity index (χ4n) is 1.72. The lowest BCUT2D eigenvalue weighted by molar-refractivity contribution is 0.687. The quantitative estimate of drug-likeness (QED) is 0.830. The minimum absolute atomic E-state index is 0.768. The average molecular weight is 340 g/mol. The zero-order chi connectivity index (χ0) is 12.4. The van der Waals surface area contributed by atoms with Crippen LogP contribution in [0.25, 0.3) is 0 Å². The van der Waals surface area contributed by atoms with Crippen LogP contribution in [0.3, 0.4) is 0 Å². The summed E-state index contributed by atoms with van der Waals surface area (Å²) in [5.41, 5.74) is 1.35. The minimum Gasteiger partial charge on any atom is -0.310 e. The van der Waals surface area contributed by atoms with Gasteiger partial charge < -0.3 is 5.32 Å². The summed E-state index contributed by atoms with van der Waals surface area (Å²) in [7, 11) is 0. The number of rotatable bonds is 5. The molecule has 3 rings (SSSR count). The van der Waals surface area contributed by atoms with Crippen LogP contribution in [0.4, 0.5) is 0 Å². The Balaban J connectivity index is 1.67. The fourth-order valence-corrected chi connectivity index (χ4v) is 4.12. The summed E-state index contributed by atoms with van der Waals surface area (Å²) in [6.07, 6.45) is 2.68. The van der Waals surface area contributed by atoms with Gasteiger partial charge in [0.15, 0.2) is 0 Å². The van der Waals surface area contributed by atoms with Gasteiger partial charge in [-0.25, -0.2) is 0 Å². The van der Waals surface area contributed by atoms with Crippen molar-refractivity contribution in [3.8, 4) is 0 Å². The summed E-state index contributed by atoms with van der Waals surface area (Å²) in [6, 6.07) is 11.7. The highest BCUT2D eigenvalue weighted by molar-refractivity contribution is 9.10. The van der Waals surface area contributed by atoms with E-state index in [4.69, 9.17) is 0 Å². The van der Waals surface area contributed by atoms with Crippen LogP contribution < -0.4 is 5.32 Å². The normalized spacial score (nSPS) is 14.9. The average Bonchev–Trinajstić information content (AvgIpc) is 3.06. The van der Waals surface area contributed by atoms with Crippen LogP contribution in [0, 0.1) is 0 Å². The Morgan fingerprint density at radius 3 is 2.89 bits per heavy atom. The molecule has 0 spiro atoms. The van der Waals surface area contributed by atoms with Crippen molar-refractivity contribution in [2.24, 2.45) is 0 Å². The molecule has 1 heterocycles. The van der Waals surface area contributed by atoms with Crippen LogP contribution in [-0.4, -0.2) is 6.04 Å². The van der Waals surface area contributed by atoms with Crippen LogP contribution >= 0.6 is 39.0 Å². The molecular weight excluding hydrogens is 326 g/mol. The molecule has 0 radical (unpaired) electrons. The van der Waals surface area contributed by atoms with E-state index in [-0.39, 0.29) is 0 Å². The van der Waals surface area contributed by atoms with Crippen molar-refractivity contribution in [1.29, 1.82) is 0 Å². The summed E-state index contributed by atoms with van der Waals surface area (Å²) in [5, 5.41) is 5.65. The molecule has 1 fully saturated rings. The van der Waals surface area contributed by atoms with Crippen LogP contribution in [0.1, 0.15) is 18.4 Å². The topological polar surface area (TPSA) is 12.0 Å². The smallest absolute Gasteiger partial charge is 0.0646 e. The van der Waals surface area contributed by atoms with Gasteiger partial charge in [-0.1, -0.05) is 23.9 Å². The van der Waals surface area contributed by atoms with Gasteiger partial charge in [-0.3, -0.25) is 0 Å². The minimum atomic E-state index is 0.768. The molecule has 0 unspecified atom stereocenters. The SMILES string of the molecule is Brc1cc(CNC2CC2)ccc1Sc1cccs1. The van der Waals surface area contributed by atoms with E-state index in [9.17, 15) is 0 Å². The van der Waals surface area contributed by atoms with Gasteiger partial charge >= 0.3 is 0 Å². The van der Waals surface area contributed by atoms with Crippen molar-refractivity contribution in [2.45, 2.75) is 34.5 Å². The van der Waals surface area contributed by atoms with E-state index in [0.29, 0.717) is 0 Å². The lowest BCUT2D eigenvalue weighted by Gasteiger charge is -2.07. The molecule has 0 atom stereocenters. The Morgan fingerprint density at radius 1 is 1.33 bits per heavy atom. The number of hydrogen-bond acceptors (Lipinski definition) is 3. The molecule has 0 saturated heterocycles. The third-order valence-corrected chi connectivity index (χ3v) is 5.91. The maximum atomic E-state index is 3.67. The number of thiophene rings is 1. The predicted octanol–water partition coefficient (Wildman–Crippen LogP) is 4.91. The van der Waals surface area contributed by atoms with E-state index in [1.807, 2.05) is 11.8 Å². The highest BCUT2D eigenvalue weighted by Gasteiger charge is 2.19. The molecule has 1 saturated carbocycles.